The zero-order valence-electron chi connectivity index (χ0n) is 12.8. The maximum atomic E-state index is 11.9. The van der Waals surface area contributed by atoms with E-state index in [9.17, 15) is 4.79 Å². The molecule has 0 spiro atoms. The van der Waals surface area contributed by atoms with Crippen LogP contribution in [0.4, 0.5) is 0 Å². The molecule has 2 rings (SSSR count). The number of aryl methyl sites for hydroxylation is 2. The third-order valence-corrected chi connectivity index (χ3v) is 3.97. The van der Waals surface area contributed by atoms with Gasteiger partial charge in [0, 0.05) is 12.2 Å². The second kappa shape index (κ2) is 6.65. The topological polar surface area (TPSA) is 104 Å². The summed E-state index contributed by atoms with van der Waals surface area (Å²) in [6.45, 7) is 9.57. The molecule has 8 nitrogen and oxygen atoms in total. The predicted molar refractivity (Wildman–Crippen MR) is 85.3 cm³/mol. The van der Waals surface area contributed by atoms with Crippen molar-refractivity contribution in [3.63, 3.8) is 0 Å². The summed E-state index contributed by atoms with van der Waals surface area (Å²) < 4.78 is 2.95. The van der Waals surface area contributed by atoms with E-state index in [1.807, 2.05) is 19.9 Å². The molecule has 118 valence electrons. The van der Waals surface area contributed by atoms with Crippen LogP contribution in [0.15, 0.2) is 23.9 Å². The van der Waals surface area contributed by atoms with E-state index in [2.05, 4.69) is 27.2 Å². The lowest BCUT2D eigenvalue weighted by Gasteiger charge is -2.10. The fourth-order valence-electron chi connectivity index (χ4n) is 1.85. The Labute approximate surface area is 132 Å². The van der Waals surface area contributed by atoms with E-state index in [1.165, 1.54) is 16.4 Å². The number of thioether (sulfide) groups is 1. The normalized spacial score (nSPS) is 12.1. The van der Waals surface area contributed by atoms with E-state index in [-0.39, 0.29) is 11.2 Å². The Kier molecular flexibility index (Phi) is 4.86. The first kappa shape index (κ1) is 16.1. The smallest absolute Gasteiger partial charge is 0.271 e. The predicted octanol–water partition coefficient (Wildman–Crippen LogP) is 0.577. The van der Waals surface area contributed by atoms with Gasteiger partial charge in [0.25, 0.3) is 5.95 Å². The van der Waals surface area contributed by atoms with Crippen LogP contribution in [-0.4, -0.2) is 42.4 Å². The van der Waals surface area contributed by atoms with Crippen molar-refractivity contribution in [3.05, 3.63) is 30.1 Å². The number of rotatable bonds is 6. The summed E-state index contributed by atoms with van der Waals surface area (Å²) in [5.74, 6) is 6.32. The van der Waals surface area contributed by atoms with Gasteiger partial charge in [0.2, 0.25) is 11.1 Å². The molecule has 0 saturated heterocycles. The molecule has 0 radical (unpaired) electrons. The first-order chi connectivity index (χ1) is 10.4. The van der Waals surface area contributed by atoms with Crippen LogP contribution in [0.25, 0.3) is 5.95 Å². The van der Waals surface area contributed by atoms with Crippen LogP contribution < -0.4 is 11.2 Å². The maximum absolute atomic E-state index is 11.9. The lowest BCUT2D eigenvalue weighted by Crippen LogP contribution is -2.31. The van der Waals surface area contributed by atoms with Crippen molar-refractivity contribution in [2.24, 2.45) is 0 Å². The van der Waals surface area contributed by atoms with Crippen molar-refractivity contribution in [1.82, 2.24) is 30.0 Å². The summed E-state index contributed by atoms with van der Waals surface area (Å²) >= 11 is 1.23. The molecule has 0 saturated carbocycles. The van der Waals surface area contributed by atoms with Crippen molar-refractivity contribution < 1.29 is 4.79 Å². The number of nitrogen functional groups attached to an aromatic ring is 1. The van der Waals surface area contributed by atoms with Gasteiger partial charge in [-0.3, -0.25) is 4.79 Å². The molecule has 1 unspecified atom stereocenters. The van der Waals surface area contributed by atoms with Crippen molar-refractivity contribution in [1.29, 1.82) is 0 Å². The average molecular weight is 321 g/mol. The zero-order valence-corrected chi connectivity index (χ0v) is 13.6. The lowest BCUT2D eigenvalue weighted by atomic mass is 10.4. The average Bonchev–Trinajstić information content (AvgIpc) is 2.99. The Morgan fingerprint density at radius 3 is 2.86 bits per heavy atom. The van der Waals surface area contributed by atoms with E-state index in [1.54, 1.807) is 17.7 Å². The van der Waals surface area contributed by atoms with Crippen LogP contribution in [-0.2, 0) is 4.79 Å². The Hall–Kier alpha value is -2.29. The molecule has 2 aromatic rings. The molecule has 0 aliphatic rings. The minimum atomic E-state index is -0.347. The van der Waals surface area contributed by atoms with Crippen LogP contribution in [0.3, 0.4) is 0 Å². The van der Waals surface area contributed by atoms with Gasteiger partial charge in [-0.15, -0.1) is 16.8 Å². The van der Waals surface area contributed by atoms with Gasteiger partial charge in [-0.25, -0.2) is 9.36 Å². The van der Waals surface area contributed by atoms with Crippen LogP contribution >= 0.6 is 11.8 Å². The summed E-state index contributed by atoms with van der Waals surface area (Å²) in [6.07, 6.45) is 1.63. The molecule has 22 heavy (non-hydrogen) atoms. The minimum absolute atomic E-state index is 0.111. The Morgan fingerprint density at radius 2 is 2.27 bits per heavy atom. The third kappa shape index (κ3) is 3.30. The molecule has 3 N–H and O–H groups in total. The molecular weight excluding hydrogens is 302 g/mol. The van der Waals surface area contributed by atoms with E-state index in [4.69, 9.17) is 5.84 Å². The monoisotopic (exact) mass is 321 g/mol. The number of nitrogens with zero attached hydrogens (tertiary/aromatic N) is 5. The van der Waals surface area contributed by atoms with Crippen molar-refractivity contribution >= 4 is 17.7 Å². The molecule has 0 aliphatic heterocycles. The van der Waals surface area contributed by atoms with E-state index in [0.717, 1.165) is 11.4 Å². The second-order valence-electron chi connectivity index (χ2n) is 4.79. The second-order valence-corrected chi connectivity index (χ2v) is 6.09. The first-order valence-electron chi connectivity index (χ1n) is 6.73. The molecule has 2 heterocycles. The van der Waals surface area contributed by atoms with Crippen LogP contribution in [0.1, 0.15) is 18.3 Å². The molecule has 2 aromatic heterocycles. The van der Waals surface area contributed by atoms with Crippen molar-refractivity contribution in [2.45, 2.75) is 31.2 Å². The van der Waals surface area contributed by atoms with Gasteiger partial charge in [-0.1, -0.05) is 17.8 Å². The van der Waals surface area contributed by atoms with E-state index in [0.29, 0.717) is 17.6 Å². The number of hydrogen-bond acceptors (Lipinski definition) is 6. The lowest BCUT2D eigenvalue weighted by molar-refractivity contribution is -0.120. The molecule has 1 amide bonds. The van der Waals surface area contributed by atoms with Gasteiger partial charge in [0.05, 0.1) is 10.9 Å². The Bertz CT molecular complexity index is 691. The van der Waals surface area contributed by atoms with E-state index < -0.39 is 0 Å². The number of nitrogens with one attached hydrogen (secondary N) is 1. The Balaban J connectivity index is 2.16. The highest BCUT2D eigenvalue weighted by Crippen LogP contribution is 2.22. The molecule has 0 aliphatic carbocycles. The van der Waals surface area contributed by atoms with Crippen LogP contribution in [0, 0.1) is 13.8 Å². The Morgan fingerprint density at radius 1 is 1.55 bits per heavy atom. The van der Waals surface area contributed by atoms with Gasteiger partial charge >= 0.3 is 0 Å². The number of carbonyl (C=O) groups is 1. The van der Waals surface area contributed by atoms with Gasteiger partial charge < -0.3 is 11.2 Å². The molecule has 1 atom stereocenters. The molecule has 0 fully saturated rings. The highest BCUT2D eigenvalue weighted by molar-refractivity contribution is 8.00. The van der Waals surface area contributed by atoms with Gasteiger partial charge in [0.15, 0.2) is 0 Å². The number of nitrogens with two attached hydrogens (primary N) is 1. The summed E-state index contributed by atoms with van der Waals surface area (Å²) in [7, 11) is 0. The van der Waals surface area contributed by atoms with Crippen LogP contribution in [0.2, 0.25) is 0 Å². The van der Waals surface area contributed by atoms with Crippen molar-refractivity contribution in [3.8, 4) is 5.95 Å². The van der Waals surface area contributed by atoms with Crippen LogP contribution in [0.5, 0.6) is 0 Å². The summed E-state index contributed by atoms with van der Waals surface area (Å²) in [5, 5.41) is 15.2. The largest absolute Gasteiger partial charge is 0.352 e. The maximum Gasteiger partial charge on any atom is 0.271 e. The highest BCUT2D eigenvalue weighted by atomic mass is 32.2. The zero-order chi connectivity index (χ0) is 16.3. The SMILES string of the molecule is C=CCNC(=O)C(C)Sc1nnc(-n2nc(C)cc2C)n1N. The summed E-state index contributed by atoms with van der Waals surface area (Å²) in [6, 6.07) is 1.92. The van der Waals surface area contributed by atoms with Gasteiger partial charge in [-0.05, 0) is 26.8 Å². The summed E-state index contributed by atoms with van der Waals surface area (Å²) in [4.78, 5) is 11.9. The molecule has 0 bridgehead atoms. The third-order valence-electron chi connectivity index (χ3n) is 2.92. The standard InChI is InChI=1S/C13H19N7OS/c1-5-6-15-11(21)10(4)22-13-17-16-12(19(13)14)20-9(3)7-8(2)18-20/h5,7,10H,1,6,14H2,2-4H3,(H,15,21). The van der Waals surface area contributed by atoms with Gasteiger partial charge in [0.1, 0.15) is 0 Å². The number of carbonyl (C=O) groups excluding carboxylic acids is 1. The minimum Gasteiger partial charge on any atom is -0.352 e. The highest BCUT2D eigenvalue weighted by Gasteiger charge is 2.20. The molecule has 9 heteroatoms. The quantitative estimate of drug-likeness (QED) is 0.458. The van der Waals surface area contributed by atoms with Gasteiger partial charge in [-0.2, -0.15) is 5.10 Å². The van der Waals surface area contributed by atoms with Crippen molar-refractivity contribution in [2.75, 3.05) is 12.4 Å². The number of aromatic nitrogens is 5. The fraction of sp³-hybridized carbons (Fsp3) is 0.385. The number of hydrogen-bond donors (Lipinski definition) is 2. The van der Waals surface area contributed by atoms with E-state index >= 15 is 0 Å². The fourth-order valence-corrected chi connectivity index (χ4v) is 2.64. The number of amides is 1. The molecule has 0 aromatic carbocycles. The first-order valence-corrected chi connectivity index (χ1v) is 7.61. The summed E-state index contributed by atoms with van der Waals surface area (Å²) in [5.41, 5.74) is 1.77. The molecular formula is C13H19N7OS.